The molecule has 7 heteroatoms. The number of hydrogen-bond donors (Lipinski definition) is 3. The summed E-state index contributed by atoms with van der Waals surface area (Å²) in [4.78, 5) is 0. The summed E-state index contributed by atoms with van der Waals surface area (Å²) in [5, 5.41) is 7.02. The number of nitrogens with one attached hydrogen (secondary N) is 2. The first kappa shape index (κ1) is 12.3. The summed E-state index contributed by atoms with van der Waals surface area (Å²) in [5.74, 6) is -0.174. The first-order chi connectivity index (χ1) is 5.81. The third-order valence-corrected chi connectivity index (χ3v) is 3.15. The van der Waals surface area contributed by atoms with Gasteiger partial charge < -0.3 is 5.73 Å². The van der Waals surface area contributed by atoms with E-state index in [-0.39, 0.29) is 18.4 Å². The molecule has 0 amide bonds. The minimum absolute atomic E-state index is 0.0825. The van der Waals surface area contributed by atoms with Crippen molar-refractivity contribution in [2.75, 3.05) is 13.6 Å². The molecule has 0 rings (SSSR count). The van der Waals surface area contributed by atoms with E-state index >= 15 is 0 Å². The van der Waals surface area contributed by atoms with E-state index < -0.39 is 10.2 Å². The van der Waals surface area contributed by atoms with Crippen LogP contribution in [0.5, 0.6) is 0 Å². The highest BCUT2D eigenvalue weighted by atomic mass is 32.2. The largest absolute Gasteiger partial charge is 0.387 e. The van der Waals surface area contributed by atoms with Crippen LogP contribution < -0.4 is 10.5 Å². The summed E-state index contributed by atoms with van der Waals surface area (Å²) >= 11 is 0. The van der Waals surface area contributed by atoms with E-state index in [9.17, 15) is 8.42 Å². The molecule has 78 valence electrons. The van der Waals surface area contributed by atoms with Crippen LogP contribution in [0.25, 0.3) is 0 Å². The smallest absolute Gasteiger partial charge is 0.279 e. The molecule has 6 nitrogen and oxygen atoms in total. The van der Waals surface area contributed by atoms with Crippen molar-refractivity contribution < 1.29 is 8.42 Å². The molecule has 0 aromatic heterocycles. The fourth-order valence-electron chi connectivity index (χ4n) is 0.830. The molecule has 0 aliphatic carbocycles. The maximum absolute atomic E-state index is 11.3. The Morgan fingerprint density at radius 1 is 1.62 bits per heavy atom. The van der Waals surface area contributed by atoms with E-state index in [1.54, 1.807) is 13.8 Å². The number of nitrogens with two attached hydrogens (primary N) is 1. The molecule has 0 atom stereocenters. The molecule has 0 aromatic rings. The van der Waals surface area contributed by atoms with Gasteiger partial charge in [0.05, 0.1) is 6.54 Å². The van der Waals surface area contributed by atoms with Crippen LogP contribution in [0.15, 0.2) is 0 Å². The molecule has 0 aliphatic heterocycles. The first-order valence-electron chi connectivity index (χ1n) is 3.84. The van der Waals surface area contributed by atoms with Gasteiger partial charge in [0.2, 0.25) is 0 Å². The zero-order valence-corrected chi connectivity index (χ0v) is 8.85. The van der Waals surface area contributed by atoms with Gasteiger partial charge in [-0.25, -0.2) is 4.72 Å². The molecule has 0 heterocycles. The molecule has 13 heavy (non-hydrogen) atoms. The zero-order chi connectivity index (χ0) is 10.6. The van der Waals surface area contributed by atoms with Crippen LogP contribution in [0.2, 0.25) is 0 Å². The van der Waals surface area contributed by atoms with E-state index in [0.717, 1.165) is 4.31 Å². The van der Waals surface area contributed by atoms with Gasteiger partial charge >= 0.3 is 0 Å². The first-order valence-corrected chi connectivity index (χ1v) is 5.28. The molecule has 0 saturated carbocycles. The molecule has 0 unspecified atom stereocenters. The Hall–Kier alpha value is -0.660. The van der Waals surface area contributed by atoms with E-state index in [1.165, 1.54) is 7.05 Å². The van der Waals surface area contributed by atoms with Gasteiger partial charge in [0.15, 0.2) is 0 Å². The van der Waals surface area contributed by atoms with Crippen LogP contribution >= 0.6 is 0 Å². The van der Waals surface area contributed by atoms with Crippen molar-refractivity contribution in [1.29, 1.82) is 5.41 Å². The molecular formula is C6H16N4O2S. The summed E-state index contributed by atoms with van der Waals surface area (Å²) < 4.78 is 26.0. The lowest BCUT2D eigenvalue weighted by atomic mass is 10.4. The van der Waals surface area contributed by atoms with Crippen LogP contribution in [-0.4, -0.2) is 38.2 Å². The topological polar surface area (TPSA) is 99.3 Å². The molecule has 0 aromatic carbocycles. The molecule has 0 fully saturated rings. The molecule has 0 bridgehead atoms. The molecule has 0 aliphatic rings. The van der Waals surface area contributed by atoms with Gasteiger partial charge in [-0.05, 0) is 13.8 Å². The van der Waals surface area contributed by atoms with Gasteiger partial charge in [0.1, 0.15) is 5.84 Å². The van der Waals surface area contributed by atoms with Crippen molar-refractivity contribution >= 4 is 16.0 Å². The van der Waals surface area contributed by atoms with Crippen molar-refractivity contribution in [3.8, 4) is 0 Å². The van der Waals surface area contributed by atoms with Gasteiger partial charge in [-0.2, -0.15) is 12.7 Å². The SMILES string of the molecule is CNS(=O)(=O)N(CC(=N)N)C(C)C. The Labute approximate surface area is 78.8 Å². The second-order valence-electron chi connectivity index (χ2n) is 2.87. The monoisotopic (exact) mass is 208 g/mol. The predicted octanol–water partition coefficient (Wildman–Crippen LogP) is -0.903. The van der Waals surface area contributed by atoms with Crippen molar-refractivity contribution in [2.45, 2.75) is 19.9 Å². The van der Waals surface area contributed by atoms with Crippen LogP contribution in [0, 0.1) is 5.41 Å². The number of nitrogens with zero attached hydrogens (tertiary/aromatic N) is 1. The van der Waals surface area contributed by atoms with Crippen LogP contribution in [-0.2, 0) is 10.2 Å². The van der Waals surface area contributed by atoms with Crippen molar-refractivity contribution in [2.24, 2.45) is 5.73 Å². The quantitative estimate of drug-likeness (QED) is 0.403. The minimum atomic E-state index is -3.49. The lowest BCUT2D eigenvalue weighted by Gasteiger charge is -2.24. The summed E-state index contributed by atoms with van der Waals surface area (Å²) in [6.45, 7) is 3.36. The van der Waals surface area contributed by atoms with Crippen molar-refractivity contribution in [1.82, 2.24) is 9.03 Å². The average Bonchev–Trinajstić information content (AvgIpc) is 1.99. The minimum Gasteiger partial charge on any atom is -0.387 e. The Balaban J connectivity index is 4.72. The Bertz CT molecular complexity index is 272. The van der Waals surface area contributed by atoms with Crippen LogP contribution in [0.1, 0.15) is 13.8 Å². The summed E-state index contributed by atoms with van der Waals surface area (Å²) in [6.07, 6.45) is 0. The zero-order valence-electron chi connectivity index (χ0n) is 8.03. The van der Waals surface area contributed by atoms with E-state index in [1.807, 2.05) is 0 Å². The molecule has 0 spiro atoms. The lowest BCUT2D eigenvalue weighted by Crippen LogP contribution is -2.47. The van der Waals surface area contributed by atoms with E-state index in [4.69, 9.17) is 11.1 Å². The van der Waals surface area contributed by atoms with Crippen molar-refractivity contribution in [3.63, 3.8) is 0 Å². The van der Waals surface area contributed by atoms with Gasteiger partial charge in [-0.15, -0.1) is 0 Å². The van der Waals surface area contributed by atoms with E-state index in [0.29, 0.717) is 0 Å². The van der Waals surface area contributed by atoms with Crippen LogP contribution in [0.4, 0.5) is 0 Å². The Kier molecular flexibility index (Phi) is 4.31. The molecule has 4 N–H and O–H groups in total. The standard InChI is InChI=1S/C6H16N4O2S/c1-5(2)10(4-6(7)8)13(11,12)9-3/h5,9H,4H2,1-3H3,(H3,7,8). The lowest BCUT2D eigenvalue weighted by molar-refractivity contribution is 0.384. The Morgan fingerprint density at radius 2 is 2.08 bits per heavy atom. The van der Waals surface area contributed by atoms with Crippen LogP contribution in [0.3, 0.4) is 0 Å². The predicted molar refractivity (Wildman–Crippen MR) is 51.7 cm³/mol. The van der Waals surface area contributed by atoms with Gasteiger partial charge in [0.25, 0.3) is 10.2 Å². The normalized spacial score (nSPS) is 12.4. The summed E-state index contributed by atoms with van der Waals surface area (Å²) in [6, 6.07) is -0.221. The van der Waals surface area contributed by atoms with E-state index in [2.05, 4.69) is 4.72 Å². The fourth-order valence-corrected chi connectivity index (χ4v) is 1.93. The van der Waals surface area contributed by atoms with Crippen molar-refractivity contribution in [3.05, 3.63) is 0 Å². The summed E-state index contributed by atoms with van der Waals surface area (Å²) in [7, 11) is -2.17. The highest BCUT2D eigenvalue weighted by Gasteiger charge is 2.23. The maximum atomic E-state index is 11.3. The summed E-state index contributed by atoms with van der Waals surface area (Å²) in [5.41, 5.74) is 5.13. The number of hydrogen-bond acceptors (Lipinski definition) is 3. The highest BCUT2D eigenvalue weighted by Crippen LogP contribution is 2.03. The second kappa shape index (κ2) is 4.54. The van der Waals surface area contributed by atoms with Gasteiger partial charge in [0, 0.05) is 13.1 Å². The number of rotatable bonds is 5. The molecule has 0 saturated heterocycles. The highest BCUT2D eigenvalue weighted by molar-refractivity contribution is 7.87. The molecule has 0 radical (unpaired) electrons. The van der Waals surface area contributed by atoms with Gasteiger partial charge in [-0.3, -0.25) is 5.41 Å². The third kappa shape index (κ3) is 3.71. The maximum Gasteiger partial charge on any atom is 0.279 e. The second-order valence-corrected chi connectivity index (χ2v) is 4.70. The fraction of sp³-hybridized carbons (Fsp3) is 0.833. The average molecular weight is 208 g/mol. The molecular weight excluding hydrogens is 192 g/mol. The van der Waals surface area contributed by atoms with Gasteiger partial charge in [-0.1, -0.05) is 0 Å². The third-order valence-electron chi connectivity index (χ3n) is 1.47. The Morgan fingerprint density at radius 3 is 2.31 bits per heavy atom. The number of amidine groups is 1.